The molecule has 5 nitrogen and oxygen atoms in total. The average molecular weight is 441 g/mol. The molecule has 0 saturated heterocycles. The summed E-state index contributed by atoms with van der Waals surface area (Å²) in [6.45, 7) is 4.27. The second-order valence-corrected chi connectivity index (χ2v) is 7.72. The van der Waals surface area contributed by atoms with Gasteiger partial charge in [0.05, 0.1) is 10.2 Å². The first kappa shape index (κ1) is 17.6. The molecule has 4 aromatic rings. The van der Waals surface area contributed by atoms with Crippen molar-refractivity contribution in [2.45, 2.75) is 6.54 Å². The average Bonchev–Trinajstić information content (AvgIpc) is 2.97. The Kier molecular flexibility index (Phi) is 4.63. The van der Waals surface area contributed by atoms with Crippen molar-refractivity contribution in [2.75, 3.05) is 0 Å². The number of fused-ring (bicyclic) bond motifs is 2. The fraction of sp³-hybridized carbons (Fsp3) is 0.0500. The quantitative estimate of drug-likeness (QED) is 0.348. The zero-order chi connectivity index (χ0) is 19.0. The standard InChI is InChI=1S/C20H13BrN2O3S/c1-2-9-23-15-8-7-13(21)11-17(15)27-20(23)22-18(24)14-10-12-5-3-4-6-16(12)26-19(14)25/h2-8,10-11H,1,9H2. The molecule has 2 aromatic carbocycles. The summed E-state index contributed by atoms with van der Waals surface area (Å²) < 4.78 is 9.05. The van der Waals surface area contributed by atoms with Crippen molar-refractivity contribution in [1.82, 2.24) is 4.57 Å². The third kappa shape index (κ3) is 3.31. The summed E-state index contributed by atoms with van der Waals surface area (Å²) in [5.41, 5.74) is 0.603. The molecule has 2 aromatic heterocycles. The van der Waals surface area contributed by atoms with Crippen molar-refractivity contribution in [2.24, 2.45) is 4.99 Å². The fourth-order valence-corrected chi connectivity index (χ4v) is 4.39. The van der Waals surface area contributed by atoms with Gasteiger partial charge in [0.1, 0.15) is 11.1 Å². The SMILES string of the molecule is C=CCn1c(=NC(=O)c2cc3ccccc3oc2=O)sc2cc(Br)ccc21. The number of hydrogen-bond acceptors (Lipinski definition) is 4. The van der Waals surface area contributed by atoms with Crippen LogP contribution in [0.3, 0.4) is 0 Å². The lowest BCUT2D eigenvalue weighted by atomic mass is 10.2. The van der Waals surface area contributed by atoms with Crippen LogP contribution < -0.4 is 10.4 Å². The Bertz CT molecular complexity index is 1330. The molecule has 27 heavy (non-hydrogen) atoms. The van der Waals surface area contributed by atoms with Crippen LogP contribution in [0.25, 0.3) is 21.2 Å². The monoisotopic (exact) mass is 440 g/mol. The van der Waals surface area contributed by atoms with Gasteiger partial charge < -0.3 is 8.98 Å². The lowest BCUT2D eigenvalue weighted by Crippen LogP contribution is -2.19. The van der Waals surface area contributed by atoms with E-state index in [0.29, 0.717) is 22.3 Å². The van der Waals surface area contributed by atoms with Crippen molar-refractivity contribution in [1.29, 1.82) is 0 Å². The lowest BCUT2D eigenvalue weighted by Gasteiger charge is -2.01. The van der Waals surface area contributed by atoms with Gasteiger partial charge in [-0.3, -0.25) is 4.79 Å². The highest BCUT2D eigenvalue weighted by atomic mass is 79.9. The van der Waals surface area contributed by atoms with Crippen LogP contribution in [-0.2, 0) is 6.54 Å². The van der Waals surface area contributed by atoms with E-state index in [1.54, 1.807) is 24.3 Å². The minimum atomic E-state index is -0.693. The summed E-state index contributed by atoms with van der Waals surface area (Å²) in [4.78, 5) is 29.6. The molecule has 0 bridgehead atoms. The summed E-state index contributed by atoms with van der Waals surface area (Å²) in [6, 6.07) is 14.4. The smallest absolute Gasteiger partial charge is 0.349 e. The second-order valence-electron chi connectivity index (χ2n) is 5.80. The van der Waals surface area contributed by atoms with Crippen molar-refractivity contribution in [3.05, 3.63) is 86.4 Å². The Morgan fingerprint density at radius 2 is 2.07 bits per heavy atom. The Morgan fingerprint density at radius 1 is 1.26 bits per heavy atom. The number of rotatable bonds is 3. The molecule has 0 saturated carbocycles. The summed E-state index contributed by atoms with van der Waals surface area (Å²) in [7, 11) is 0. The number of aromatic nitrogens is 1. The number of nitrogens with zero attached hydrogens (tertiary/aromatic N) is 2. The zero-order valence-corrected chi connectivity index (χ0v) is 16.4. The van der Waals surface area contributed by atoms with Gasteiger partial charge in [-0.15, -0.1) is 6.58 Å². The molecule has 0 radical (unpaired) electrons. The Labute approximate surface area is 166 Å². The van der Waals surface area contributed by atoms with Gasteiger partial charge >= 0.3 is 5.63 Å². The molecule has 0 spiro atoms. The van der Waals surface area contributed by atoms with Crippen LogP contribution >= 0.6 is 27.3 Å². The first-order valence-electron chi connectivity index (χ1n) is 8.08. The Hall–Kier alpha value is -2.77. The second kappa shape index (κ2) is 7.09. The molecule has 0 atom stereocenters. The number of carbonyl (C=O) groups is 1. The van der Waals surface area contributed by atoms with E-state index in [9.17, 15) is 9.59 Å². The molecule has 0 aliphatic carbocycles. The summed E-state index contributed by atoms with van der Waals surface area (Å²) in [5, 5.41) is 0.676. The van der Waals surface area contributed by atoms with E-state index in [1.165, 1.54) is 17.4 Å². The summed E-state index contributed by atoms with van der Waals surface area (Å²) in [6.07, 6.45) is 1.74. The van der Waals surface area contributed by atoms with Crippen molar-refractivity contribution >= 4 is 54.4 Å². The number of allylic oxidation sites excluding steroid dienone is 1. The normalized spacial score (nSPS) is 12.0. The van der Waals surface area contributed by atoms with E-state index in [4.69, 9.17) is 4.42 Å². The molecular weight excluding hydrogens is 428 g/mol. The first-order valence-corrected chi connectivity index (χ1v) is 9.69. The molecule has 1 amide bonds. The van der Waals surface area contributed by atoms with Gasteiger partial charge in [-0.05, 0) is 30.3 Å². The molecule has 0 N–H and O–H groups in total. The number of carbonyl (C=O) groups excluding carboxylic acids is 1. The van der Waals surface area contributed by atoms with Crippen molar-refractivity contribution < 1.29 is 9.21 Å². The lowest BCUT2D eigenvalue weighted by molar-refractivity contribution is 0.0994. The number of hydrogen-bond donors (Lipinski definition) is 0. The minimum Gasteiger partial charge on any atom is -0.422 e. The van der Waals surface area contributed by atoms with Crippen LogP contribution in [-0.4, -0.2) is 10.5 Å². The predicted molar refractivity (Wildman–Crippen MR) is 110 cm³/mol. The highest BCUT2D eigenvalue weighted by Crippen LogP contribution is 2.22. The number of halogens is 1. The van der Waals surface area contributed by atoms with Crippen LogP contribution in [0, 0.1) is 0 Å². The molecular formula is C20H13BrN2O3S. The van der Waals surface area contributed by atoms with Crippen LogP contribution in [0.2, 0.25) is 0 Å². The Morgan fingerprint density at radius 3 is 2.89 bits per heavy atom. The van der Waals surface area contributed by atoms with Gasteiger partial charge in [0.25, 0.3) is 5.91 Å². The first-order chi connectivity index (χ1) is 13.1. The third-order valence-electron chi connectivity index (χ3n) is 4.03. The summed E-state index contributed by atoms with van der Waals surface area (Å²) >= 11 is 4.83. The zero-order valence-electron chi connectivity index (χ0n) is 14.0. The van der Waals surface area contributed by atoms with Crippen LogP contribution in [0.1, 0.15) is 10.4 Å². The maximum Gasteiger partial charge on any atom is 0.349 e. The van der Waals surface area contributed by atoms with Crippen LogP contribution in [0.15, 0.2) is 79.9 Å². The van der Waals surface area contributed by atoms with E-state index < -0.39 is 11.5 Å². The maximum atomic E-state index is 12.7. The van der Waals surface area contributed by atoms with Crippen LogP contribution in [0.4, 0.5) is 0 Å². The number of amides is 1. The maximum absolute atomic E-state index is 12.7. The van der Waals surface area contributed by atoms with E-state index >= 15 is 0 Å². The number of thiazole rings is 1. The van der Waals surface area contributed by atoms with Crippen molar-refractivity contribution in [3.63, 3.8) is 0 Å². The molecule has 2 heterocycles. The van der Waals surface area contributed by atoms with Crippen molar-refractivity contribution in [3.8, 4) is 0 Å². The summed E-state index contributed by atoms with van der Waals surface area (Å²) in [5.74, 6) is -0.627. The fourth-order valence-electron chi connectivity index (χ4n) is 2.80. The van der Waals surface area contributed by atoms with Gasteiger partial charge in [0, 0.05) is 16.4 Å². The van der Waals surface area contributed by atoms with Gasteiger partial charge in [0.15, 0.2) is 4.80 Å². The largest absolute Gasteiger partial charge is 0.422 e. The predicted octanol–water partition coefficient (Wildman–Crippen LogP) is 4.50. The van der Waals surface area contributed by atoms with E-state index in [-0.39, 0.29) is 5.56 Å². The molecule has 0 aliphatic heterocycles. The van der Waals surface area contributed by atoms with E-state index in [1.807, 2.05) is 28.8 Å². The van der Waals surface area contributed by atoms with Crippen LogP contribution in [0.5, 0.6) is 0 Å². The van der Waals surface area contributed by atoms with Gasteiger partial charge in [-0.1, -0.05) is 51.5 Å². The molecule has 0 aliphatic rings. The van der Waals surface area contributed by atoms with Gasteiger partial charge in [-0.25, -0.2) is 4.79 Å². The van der Waals surface area contributed by atoms with Gasteiger partial charge in [-0.2, -0.15) is 4.99 Å². The molecule has 0 fully saturated rings. The van der Waals surface area contributed by atoms with E-state index in [2.05, 4.69) is 27.5 Å². The highest BCUT2D eigenvalue weighted by Gasteiger charge is 2.14. The molecule has 134 valence electrons. The number of benzene rings is 2. The topological polar surface area (TPSA) is 64.6 Å². The third-order valence-corrected chi connectivity index (χ3v) is 5.56. The van der Waals surface area contributed by atoms with Gasteiger partial charge in [0.2, 0.25) is 0 Å². The molecule has 7 heteroatoms. The minimum absolute atomic E-state index is 0.0857. The molecule has 0 unspecified atom stereocenters. The molecule has 4 rings (SSSR count). The van der Waals surface area contributed by atoms with E-state index in [0.717, 1.165) is 14.7 Å². The Balaban J connectivity index is 1.89. The highest BCUT2D eigenvalue weighted by molar-refractivity contribution is 9.10. The number of para-hydroxylation sites is 1.